The first-order valence-electron chi connectivity index (χ1n) is 29.9. The quantitative estimate of drug-likeness (QED) is 0.252. The van der Waals surface area contributed by atoms with Crippen LogP contribution in [0.15, 0.2) is 60.8 Å². The molecule has 13 aliphatic rings. The van der Waals surface area contributed by atoms with E-state index in [0.717, 1.165) is 25.7 Å². The Morgan fingerprint density at radius 1 is 0.526 bits per heavy atom. The number of fused-ring (bicyclic) bond motifs is 11. The smallest absolute Gasteiger partial charge is 0.171 e. The van der Waals surface area contributed by atoms with Crippen LogP contribution in [0, 0.1) is 23.7 Å². The zero-order valence-electron chi connectivity index (χ0n) is 45.8. The molecule has 9 saturated heterocycles. The first-order chi connectivity index (χ1) is 37.6. The monoisotopic (exact) mass is 1090 g/mol. The van der Waals surface area contributed by atoms with Gasteiger partial charge in [-0.15, -0.1) is 0 Å². The van der Waals surface area contributed by atoms with Crippen molar-refractivity contribution in [1.29, 1.82) is 0 Å². The third-order valence-electron chi connectivity index (χ3n) is 20.6. The topological polar surface area (TPSA) is 221 Å². The molecule has 78 heavy (non-hydrogen) atoms. The summed E-state index contributed by atoms with van der Waals surface area (Å²) < 4.78 is 89.3. The lowest BCUT2D eigenvalue weighted by molar-refractivity contribution is -0.339. The molecule has 13 aliphatic heterocycles. The third kappa shape index (κ3) is 10.2. The van der Waals surface area contributed by atoms with Crippen LogP contribution in [0.1, 0.15) is 105 Å². The lowest BCUT2D eigenvalue weighted by atomic mass is 9.76. The van der Waals surface area contributed by atoms with Crippen molar-refractivity contribution in [1.82, 2.24) is 0 Å². The van der Waals surface area contributed by atoms with Gasteiger partial charge < -0.3 is 87.1 Å². The molecule has 434 valence electrons. The van der Waals surface area contributed by atoms with E-state index in [-0.39, 0.29) is 84.7 Å². The molecule has 1 spiro atoms. The molecule has 13 heterocycles. The van der Waals surface area contributed by atoms with Crippen molar-refractivity contribution in [2.24, 2.45) is 23.7 Å². The van der Waals surface area contributed by atoms with E-state index in [1.807, 2.05) is 43.4 Å². The van der Waals surface area contributed by atoms with Crippen molar-refractivity contribution in [3.05, 3.63) is 60.8 Å². The molecule has 18 nitrogen and oxygen atoms in total. The first kappa shape index (κ1) is 55.2. The highest BCUT2D eigenvalue weighted by Gasteiger charge is 2.62. The highest BCUT2D eigenvalue weighted by Crippen LogP contribution is 2.52. The van der Waals surface area contributed by atoms with E-state index in [4.69, 9.17) is 61.6 Å². The van der Waals surface area contributed by atoms with Crippen LogP contribution in [0.5, 0.6) is 0 Å². The van der Waals surface area contributed by atoms with Crippen LogP contribution in [0.3, 0.4) is 0 Å². The molecule has 18 heteroatoms. The summed E-state index contributed by atoms with van der Waals surface area (Å²) in [6.07, 6.45) is 13.4. The van der Waals surface area contributed by atoms with Crippen LogP contribution >= 0.6 is 0 Å². The minimum absolute atomic E-state index is 0.0912. The largest absolute Gasteiger partial charge is 0.393 e. The molecule has 32 unspecified atom stereocenters. The summed E-state index contributed by atoms with van der Waals surface area (Å²) in [5.74, 6) is -0.520. The number of ether oxygens (including phenoxy) is 13. The lowest BCUT2D eigenvalue weighted by Crippen LogP contribution is -2.63. The summed E-state index contributed by atoms with van der Waals surface area (Å²) in [6.45, 7) is 11.0. The van der Waals surface area contributed by atoms with Gasteiger partial charge in [0.2, 0.25) is 0 Å². The second-order valence-electron chi connectivity index (χ2n) is 25.6. The highest BCUT2D eigenvalue weighted by molar-refractivity contribution is 5.18. The van der Waals surface area contributed by atoms with Crippen LogP contribution in [0.25, 0.3) is 0 Å². The molecular weight excluding hydrogens is 1010 g/mol. The van der Waals surface area contributed by atoms with E-state index < -0.39 is 116 Å². The Hall–Kier alpha value is -2.02. The average Bonchev–Trinajstić information content (AvgIpc) is 3.74. The molecule has 13 rings (SSSR count). The number of hydrogen-bond donors (Lipinski definition) is 5. The summed E-state index contributed by atoms with van der Waals surface area (Å²) in [6, 6.07) is 0. The zero-order chi connectivity index (χ0) is 53.8. The highest BCUT2D eigenvalue weighted by atomic mass is 16.7. The average molecular weight is 1100 g/mol. The summed E-state index contributed by atoms with van der Waals surface area (Å²) in [7, 11) is 0. The minimum Gasteiger partial charge on any atom is -0.393 e. The molecule has 0 aromatic rings. The van der Waals surface area contributed by atoms with Crippen LogP contribution in [-0.2, 0) is 61.6 Å². The molecule has 0 aliphatic carbocycles. The SMILES string of the molecule is CC1CC2OC3C(CC2OC2CC4OC5C/C=C\CC6OC7C=CC8OC9C(CC8OC7C=CC6OC5CC(O)C4(C)OC2C1)OC1CC=CC(/C=C/C(O)CO)OC1C9O)OC1C(C)C(C)C2(CCCO2)OC1C(O)C3C. The molecule has 9 fully saturated rings. The standard InChI is InChI=1S/C60H86O18/c1-29-22-42-44(25-48-54(75-42)31(3)52(64)58-55(76-48)30(2)32(4)60(78-58)20-9-21-66-60)72-46-27-51-59(5,77-47(46)23-29)50(63)26-45-36(73-51)12-7-6-11-35-37(70-45)16-17-39-38(68-35)18-19-40-43(69-39)24-49-57(74-40)53(65)56-41(71-49)13-8-10-34(67-56)15-14-33(62)28-61/h6-8,10,14-19,29-58,61-65H,9,11-13,20-28H2,1-5H3/b7-6-,15-14+. The number of aliphatic hydroxyl groups excluding tert-OH is 5. The lowest BCUT2D eigenvalue weighted by Gasteiger charge is -2.53. The fourth-order valence-corrected chi connectivity index (χ4v) is 15.9. The number of aliphatic hydroxyl groups is 5. The molecule has 0 radical (unpaired) electrons. The van der Waals surface area contributed by atoms with Crippen molar-refractivity contribution >= 4 is 0 Å². The van der Waals surface area contributed by atoms with Gasteiger partial charge in [0.05, 0.1) is 123 Å². The maximum atomic E-state index is 12.4. The Labute approximate surface area is 458 Å². The second-order valence-corrected chi connectivity index (χ2v) is 25.6. The third-order valence-corrected chi connectivity index (χ3v) is 20.6. The van der Waals surface area contributed by atoms with Crippen molar-refractivity contribution in [3.63, 3.8) is 0 Å². The Morgan fingerprint density at radius 2 is 1.15 bits per heavy atom. The van der Waals surface area contributed by atoms with Crippen LogP contribution in [0.2, 0.25) is 0 Å². The molecular formula is C60H86O18. The number of rotatable bonds is 3. The predicted molar refractivity (Wildman–Crippen MR) is 278 cm³/mol. The molecule has 32 atom stereocenters. The van der Waals surface area contributed by atoms with Crippen molar-refractivity contribution in [2.45, 2.75) is 275 Å². The summed E-state index contributed by atoms with van der Waals surface area (Å²) in [5, 5.41) is 55.4. The van der Waals surface area contributed by atoms with Gasteiger partial charge in [0, 0.05) is 43.9 Å². The van der Waals surface area contributed by atoms with Gasteiger partial charge in [-0.1, -0.05) is 88.5 Å². The van der Waals surface area contributed by atoms with Crippen molar-refractivity contribution in [2.75, 3.05) is 13.2 Å². The number of hydrogen-bond acceptors (Lipinski definition) is 18. The van der Waals surface area contributed by atoms with E-state index in [0.29, 0.717) is 51.6 Å². The van der Waals surface area contributed by atoms with Gasteiger partial charge in [-0.05, 0) is 57.3 Å². The van der Waals surface area contributed by atoms with Crippen molar-refractivity contribution < 1.29 is 87.1 Å². The van der Waals surface area contributed by atoms with E-state index in [2.05, 4.69) is 39.8 Å². The summed E-state index contributed by atoms with van der Waals surface area (Å²) in [5.41, 5.74) is -1.02. The Balaban J connectivity index is 0.678. The van der Waals surface area contributed by atoms with Gasteiger partial charge >= 0.3 is 0 Å². The minimum atomic E-state index is -1.02. The van der Waals surface area contributed by atoms with Gasteiger partial charge in [0.25, 0.3) is 0 Å². The fourth-order valence-electron chi connectivity index (χ4n) is 15.9. The Bertz CT molecular complexity index is 2250. The van der Waals surface area contributed by atoms with Crippen molar-refractivity contribution in [3.8, 4) is 0 Å². The van der Waals surface area contributed by atoms with Crippen LogP contribution in [-0.4, -0.2) is 209 Å². The van der Waals surface area contributed by atoms with Crippen LogP contribution in [0.4, 0.5) is 0 Å². The molecule has 0 aromatic heterocycles. The molecule has 0 saturated carbocycles. The van der Waals surface area contributed by atoms with E-state index in [9.17, 15) is 25.5 Å². The maximum Gasteiger partial charge on any atom is 0.171 e. The van der Waals surface area contributed by atoms with Gasteiger partial charge in [-0.2, -0.15) is 0 Å². The predicted octanol–water partition coefficient (Wildman–Crippen LogP) is 4.00. The Morgan fingerprint density at radius 3 is 1.94 bits per heavy atom. The van der Waals surface area contributed by atoms with Gasteiger partial charge in [-0.25, -0.2) is 0 Å². The first-order valence-corrected chi connectivity index (χ1v) is 29.9. The molecule has 5 N–H and O–H groups in total. The van der Waals surface area contributed by atoms with E-state index in [1.165, 1.54) is 6.08 Å². The van der Waals surface area contributed by atoms with E-state index in [1.54, 1.807) is 6.08 Å². The second kappa shape index (κ2) is 22.2. The Kier molecular flexibility index (Phi) is 15.7. The molecule has 0 bridgehead atoms. The molecule has 0 aromatic carbocycles. The normalized spacial score (nSPS) is 56.5. The van der Waals surface area contributed by atoms with Gasteiger partial charge in [0.1, 0.15) is 54.4 Å². The van der Waals surface area contributed by atoms with E-state index >= 15 is 0 Å². The zero-order valence-corrected chi connectivity index (χ0v) is 45.8. The fraction of sp³-hybridized carbons (Fsp3) is 0.833. The maximum absolute atomic E-state index is 12.4. The van der Waals surface area contributed by atoms with Gasteiger partial charge in [-0.3, -0.25) is 0 Å². The van der Waals surface area contributed by atoms with Gasteiger partial charge in [0.15, 0.2) is 5.79 Å². The summed E-state index contributed by atoms with van der Waals surface area (Å²) in [4.78, 5) is 0. The summed E-state index contributed by atoms with van der Waals surface area (Å²) >= 11 is 0. The van der Waals surface area contributed by atoms with Crippen LogP contribution < -0.4 is 0 Å². The molecule has 0 amide bonds.